The fourth-order valence-electron chi connectivity index (χ4n) is 2.63. The molecule has 2 rings (SSSR count). The maximum atomic E-state index is 12.5. The zero-order chi connectivity index (χ0) is 14.7. The first-order valence-corrected chi connectivity index (χ1v) is 6.63. The highest BCUT2D eigenvalue weighted by molar-refractivity contribution is 5.95. The van der Waals surface area contributed by atoms with Crippen LogP contribution in [0.4, 0.5) is 0 Å². The van der Waals surface area contributed by atoms with Crippen molar-refractivity contribution < 1.29 is 19.4 Å². The number of carbonyl (C=O) groups is 2. The van der Waals surface area contributed by atoms with Gasteiger partial charge in [-0.3, -0.25) is 9.59 Å². The lowest BCUT2D eigenvalue weighted by Gasteiger charge is -2.23. The van der Waals surface area contributed by atoms with E-state index in [1.165, 1.54) is 0 Å². The first-order valence-electron chi connectivity index (χ1n) is 6.63. The third-order valence-electron chi connectivity index (χ3n) is 3.65. The molecule has 1 amide bonds. The van der Waals surface area contributed by atoms with E-state index >= 15 is 0 Å². The average Bonchev–Trinajstić information content (AvgIpc) is 2.80. The lowest BCUT2D eigenvalue weighted by Crippen LogP contribution is -2.37. The van der Waals surface area contributed by atoms with Gasteiger partial charge in [-0.25, -0.2) is 0 Å². The van der Waals surface area contributed by atoms with E-state index in [4.69, 9.17) is 9.84 Å². The smallest absolute Gasteiger partial charge is 0.305 e. The molecule has 1 fully saturated rings. The summed E-state index contributed by atoms with van der Waals surface area (Å²) in [4.78, 5) is 25.1. The number of amides is 1. The molecule has 1 heterocycles. The van der Waals surface area contributed by atoms with Crippen molar-refractivity contribution in [2.75, 3.05) is 13.7 Å². The van der Waals surface area contributed by atoms with Crippen LogP contribution in [-0.2, 0) is 9.53 Å². The third kappa shape index (κ3) is 3.17. The predicted octanol–water partition coefficient (Wildman–Crippen LogP) is 1.70. The van der Waals surface area contributed by atoms with E-state index in [0.717, 1.165) is 5.56 Å². The van der Waals surface area contributed by atoms with Crippen molar-refractivity contribution >= 4 is 11.9 Å². The number of carboxylic acid groups (broad SMARTS) is 1. The van der Waals surface area contributed by atoms with E-state index in [1.54, 1.807) is 18.1 Å². The van der Waals surface area contributed by atoms with Crippen molar-refractivity contribution in [1.82, 2.24) is 4.90 Å². The molecule has 1 aromatic rings. The first kappa shape index (κ1) is 14.5. The van der Waals surface area contributed by atoms with Crippen LogP contribution < -0.4 is 0 Å². The molecule has 1 aromatic carbocycles. The second-order valence-corrected chi connectivity index (χ2v) is 5.17. The summed E-state index contributed by atoms with van der Waals surface area (Å²) in [5, 5.41) is 8.97. The molecule has 1 aliphatic rings. The van der Waals surface area contributed by atoms with Gasteiger partial charge in [-0.2, -0.15) is 0 Å². The molecule has 2 atom stereocenters. The van der Waals surface area contributed by atoms with E-state index in [1.807, 2.05) is 25.1 Å². The molecule has 5 heteroatoms. The minimum Gasteiger partial charge on any atom is -0.481 e. The summed E-state index contributed by atoms with van der Waals surface area (Å²) in [6, 6.07) is 7.03. The molecule has 0 bridgehead atoms. The Morgan fingerprint density at radius 1 is 1.45 bits per heavy atom. The van der Waals surface area contributed by atoms with E-state index in [-0.39, 0.29) is 24.5 Å². The number of hydrogen-bond donors (Lipinski definition) is 1. The molecule has 0 saturated carbocycles. The Hall–Kier alpha value is -1.88. The van der Waals surface area contributed by atoms with Crippen molar-refractivity contribution in [1.29, 1.82) is 0 Å². The molecule has 108 valence electrons. The largest absolute Gasteiger partial charge is 0.481 e. The quantitative estimate of drug-likeness (QED) is 0.909. The number of carboxylic acids is 1. The van der Waals surface area contributed by atoms with Gasteiger partial charge in [0.25, 0.3) is 5.91 Å². The Balaban J connectivity index is 2.19. The van der Waals surface area contributed by atoms with Crippen molar-refractivity contribution in [2.24, 2.45) is 0 Å². The second kappa shape index (κ2) is 6.05. The molecule has 0 aliphatic carbocycles. The molecule has 20 heavy (non-hydrogen) atoms. The van der Waals surface area contributed by atoms with Gasteiger partial charge in [-0.15, -0.1) is 0 Å². The number of ether oxygens (including phenoxy) is 1. The lowest BCUT2D eigenvalue weighted by molar-refractivity contribution is -0.137. The van der Waals surface area contributed by atoms with Crippen LogP contribution in [0.15, 0.2) is 24.3 Å². The van der Waals surface area contributed by atoms with Gasteiger partial charge in [0.05, 0.1) is 12.5 Å². The Morgan fingerprint density at radius 3 is 2.80 bits per heavy atom. The molecule has 0 spiro atoms. The number of aryl methyl sites for hydroxylation is 1. The van der Waals surface area contributed by atoms with Crippen LogP contribution in [0.1, 0.15) is 28.8 Å². The van der Waals surface area contributed by atoms with Gasteiger partial charge in [-0.1, -0.05) is 17.7 Å². The number of hydrogen-bond acceptors (Lipinski definition) is 3. The molecule has 0 aromatic heterocycles. The number of carbonyl (C=O) groups excluding carboxylic acids is 1. The van der Waals surface area contributed by atoms with E-state index < -0.39 is 5.97 Å². The number of methoxy groups -OCH3 is 1. The molecule has 1 N–H and O–H groups in total. The zero-order valence-corrected chi connectivity index (χ0v) is 11.7. The van der Waals surface area contributed by atoms with Crippen LogP contribution in [0.2, 0.25) is 0 Å². The van der Waals surface area contributed by atoms with E-state index in [0.29, 0.717) is 18.5 Å². The fraction of sp³-hybridized carbons (Fsp3) is 0.467. The van der Waals surface area contributed by atoms with Crippen LogP contribution >= 0.6 is 0 Å². The summed E-state index contributed by atoms with van der Waals surface area (Å²) in [7, 11) is 1.59. The van der Waals surface area contributed by atoms with Crippen molar-refractivity contribution in [3.63, 3.8) is 0 Å². The molecule has 1 saturated heterocycles. The Labute approximate surface area is 118 Å². The van der Waals surface area contributed by atoms with Crippen LogP contribution in [0.25, 0.3) is 0 Å². The average molecular weight is 277 g/mol. The fourth-order valence-corrected chi connectivity index (χ4v) is 2.63. The minimum atomic E-state index is -0.895. The SMILES string of the molecule is COC1CC(CC(=O)O)N(C(=O)c2cccc(C)c2)C1. The van der Waals surface area contributed by atoms with Crippen molar-refractivity contribution in [3.8, 4) is 0 Å². The zero-order valence-electron chi connectivity index (χ0n) is 11.7. The van der Waals surface area contributed by atoms with Crippen LogP contribution in [0.5, 0.6) is 0 Å². The summed E-state index contributed by atoms with van der Waals surface area (Å²) in [5.74, 6) is -1.02. The number of likely N-dealkylation sites (tertiary alicyclic amines) is 1. The van der Waals surface area contributed by atoms with Crippen molar-refractivity contribution in [2.45, 2.75) is 31.9 Å². The third-order valence-corrected chi connectivity index (χ3v) is 3.65. The monoisotopic (exact) mass is 277 g/mol. The molecule has 1 aliphatic heterocycles. The van der Waals surface area contributed by atoms with Gasteiger partial charge in [-0.05, 0) is 25.5 Å². The maximum Gasteiger partial charge on any atom is 0.305 e. The summed E-state index contributed by atoms with van der Waals surface area (Å²) in [5.41, 5.74) is 1.60. The van der Waals surface area contributed by atoms with E-state index in [9.17, 15) is 9.59 Å². The number of nitrogens with zero attached hydrogens (tertiary/aromatic N) is 1. The number of aliphatic carboxylic acids is 1. The van der Waals surface area contributed by atoms with Crippen LogP contribution in [0.3, 0.4) is 0 Å². The summed E-state index contributed by atoms with van der Waals surface area (Å²) >= 11 is 0. The molecular formula is C15H19NO4. The van der Waals surface area contributed by atoms with E-state index in [2.05, 4.69) is 0 Å². The molecule has 0 radical (unpaired) electrons. The van der Waals surface area contributed by atoms with Crippen molar-refractivity contribution in [3.05, 3.63) is 35.4 Å². The standard InChI is InChI=1S/C15H19NO4/c1-10-4-3-5-11(6-10)15(19)16-9-13(20-2)7-12(16)8-14(17)18/h3-6,12-13H,7-9H2,1-2H3,(H,17,18). The Bertz CT molecular complexity index is 514. The van der Waals surface area contributed by atoms with Gasteiger partial charge >= 0.3 is 5.97 Å². The van der Waals surface area contributed by atoms with Crippen LogP contribution in [-0.4, -0.2) is 47.7 Å². The molecular weight excluding hydrogens is 258 g/mol. The number of rotatable bonds is 4. The van der Waals surface area contributed by atoms with Gasteiger partial charge in [0.2, 0.25) is 0 Å². The highest BCUT2D eigenvalue weighted by Gasteiger charge is 2.36. The topological polar surface area (TPSA) is 66.8 Å². The minimum absolute atomic E-state index is 0.0442. The van der Waals surface area contributed by atoms with Gasteiger partial charge in [0, 0.05) is 25.3 Å². The van der Waals surface area contributed by atoms with Gasteiger partial charge in [0.15, 0.2) is 0 Å². The molecule has 5 nitrogen and oxygen atoms in total. The second-order valence-electron chi connectivity index (χ2n) is 5.17. The Kier molecular flexibility index (Phi) is 4.39. The highest BCUT2D eigenvalue weighted by atomic mass is 16.5. The summed E-state index contributed by atoms with van der Waals surface area (Å²) in [6.07, 6.45) is 0.436. The summed E-state index contributed by atoms with van der Waals surface area (Å²) < 4.78 is 5.28. The lowest BCUT2D eigenvalue weighted by atomic mass is 10.1. The molecule has 2 unspecified atom stereocenters. The highest BCUT2D eigenvalue weighted by Crippen LogP contribution is 2.25. The first-order chi connectivity index (χ1) is 9.51. The Morgan fingerprint density at radius 2 is 2.20 bits per heavy atom. The summed E-state index contributed by atoms with van der Waals surface area (Å²) in [6.45, 7) is 2.37. The maximum absolute atomic E-state index is 12.5. The normalized spacial score (nSPS) is 22.0. The van der Waals surface area contributed by atoms with Crippen LogP contribution in [0, 0.1) is 6.92 Å². The van der Waals surface area contributed by atoms with Gasteiger partial charge < -0.3 is 14.7 Å². The number of benzene rings is 1. The van der Waals surface area contributed by atoms with Gasteiger partial charge in [0.1, 0.15) is 0 Å². The predicted molar refractivity (Wildman–Crippen MR) is 73.7 cm³/mol.